The molecule has 0 saturated carbocycles. The van der Waals surface area contributed by atoms with Gasteiger partial charge in [-0.1, -0.05) is 13.8 Å². The van der Waals surface area contributed by atoms with Crippen molar-refractivity contribution in [2.75, 3.05) is 26.5 Å². The molecule has 1 unspecified atom stereocenters. The molecular formula is C23H31N3O7S. The lowest BCUT2D eigenvalue weighted by Crippen LogP contribution is -2.52. The Kier molecular flexibility index (Phi) is 7.98. The molecule has 1 aromatic carbocycles. The molecule has 2 aromatic rings. The van der Waals surface area contributed by atoms with E-state index in [1.807, 2.05) is 13.8 Å². The highest BCUT2D eigenvalue weighted by molar-refractivity contribution is 7.88. The number of nitrogens with zero attached hydrogens (tertiary/aromatic N) is 1. The van der Waals surface area contributed by atoms with Crippen LogP contribution < -0.4 is 15.4 Å². The summed E-state index contributed by atoms with van der Waals surface area (Å²) in [5.74, 6) is -0.657. The number of nitrogens with one attached hydrogen (secondary N) is 2. The lowest BCUT2D eigenvalue weighted by atomic mass is 10.0. The number of rotatable bonds is 8. The fourth-order valence-corrected chi connectivity index (χ4v) is 4.72. The minimum absolute atomic E-state index is 0.0548. The number of fused-ring (bicyclic) bond motifs is 1. The molecule has 0 aliphatic carbocycles. The number of carbonyl (C=O) groups is 3. The third kappa shape index (κ3) is 6.35. The molecule has 2 heterocycles. The van der Waals surface area contributed by atoms with Gasteiger partial charge in [-0.05, 0) is 49.4 Å². The van der Waals surface area contributed by atoms with Gasteiger partial charge in [-0.25, -0.2) is 8.42 Å². The first-order valence-electron chi connectivity index (χ1n) is 11.1. The van der Waals surface area contributed by atoms with Gasteiger partial charge < -0.3 is 19.8 Å². The summed E-state index contributed by atoms with van der Waals surface area (Å²) in [6.07, 6.45) is 2.17. The maximum absolute atomic E-state index is 13.0. The van der Waals surface area contributed by atoms with Crippen LogP contribution in [0, 0.1) is 5.92 Å². The van der Waals surface area contributed by atoms with Gasteiger partial charge in [0.1, 0.15) is 17.4 Å². The van der Waals surface area contributed by atoms with Crippen molar-refractivity contribution in [3.05, 3.63) is 30.0 Å². The molecule has 186 valence electrons. The SMILES string of the molecule is COc1ccc2oc(C(=O)N[C@@H](CC(C)C)C(=O)NC3CCCN(S(C)(=O)=O)CC3=O)cc2c1. The predicted octanol–water partition coefficient (Wildman–Crippen LogP) is 1.70. The van der Waals surface area contributed by atoms with Crippen LogP contribution in [0.2, 0.25) is 0 Å². The number of amides is 2. The fourth-order valence-electron chi connectivity index (χ4n) is 3.90. The van der Waals surface area contributed by atoms with E-state index in [2.05, 4.69) is 10.6 Å². The lowest BCUT2D eigenvalue weighted by Gasteiger charge is -2.23. The normalized spacial score (nSPS) is 18.5. The first-order chi connectivity index (χ1) is 16.0. The quantitative estimate of drug-likeness (QED) is 0.571. The molecule has 1 aliphatic rings. The summed E-state index contributed by atoms with van der Waals surface area (Å²) in [7, 11) is -1.96. The highest BCUT2D eigenvalue weighted by Gasteiger charge is 2.32. The van der Waals surface area contributed by atoms with E-state index >= 15 is 0 Å². The van der Waals surface area contributed by atoms with Crippen molar-refractivity contribution >= 4 is 38.6 Å². The van der Waals surface area contributed by atoms with Gasteiger partial charge in [0.2, 0.25) is 15.9 Å². The number of Topliss-reactive ketones (excluding diaryl/α,β-unsaturated/α-hetero) is 1. The van der Waals surface area contributed by atoms with Crippen LogP contribution in [-0.4, -0.2) is 68.9 Å². The maximum Gasteiger partial charge on any atom is 0.287 e. The number of ketones is 1. The van der Waals surface area contributed by atoms with E-state index in [-0.39, 0.29) is 30.6 Å². The predicted molar refractivity (Wildman–Crippen MR) is 126 cm³/mol. The Bertz CT molecular complexity index is 1170. The third-order valence-corrected chi connectivity index (χ3v) is 6.93. The van der Waals surface area contributed by atoms with Crippen molar-refractivity contribution in [1.29, 1.82) is 0 Å². The molecule has 1 aromatic heterocycles. The molecular weight excluding hydrogens is 462 g/mol. The molecule has 34 heavy (non-hydrogen) atoms. The largest absolute Gasteiger partial charge is 0.497 e. The summed E-state index contributed by atoms with van der Waals surface area (Å²) in [6, 6.07) is 5.02. The molecule has 1 aliphatic heterocycles. The topological polar surface area (TPSA) is 135 Å². The average Bonchev–Trinajstić information content (AvgIpc) is 3.10. The molecule has 0 bridgehead atoms. The molecule has 2 amide bonds. The van der Waals surface area contributed by atoms with Crippen LogP contribution in [0.3, 0.4) is 0 Å². The third-order valence-electron chi connectivity index (χ3n) is 5.68. The number of carbonyl (C=O) groups excluding carboxylic acids is 3. The standard InChI is InChI=1S/C23H31N3O7S/c1-14(2)10-18(22(28)24-17-6-5-9-26(13-19(17)27)34(4,30)31)25-23(29)21-12-15-11-16(32-3)7-8-20(15)33-21/h7-8,11-12,14,17-18H,5-6,9-10,13H2,1-4H3,(H,24,28)(H,25,29)/t17?,18-/m0/s1. The Hall–Kier alpha value is -2.92. The Labute approximate surface area is 199 Å². The molecule has 2 atom stereocenters. The van der Waals surface area contributed by atoms with Gasteiger partial charge in [0.25, 0.3) is 5.91 Å². The van der Waals surface area contributed by atoms with Crippen LogP contribution in [0.5, 0.6) is 5.75 Å². The second-order valence-electron chi connectivity index (χ2n) is 8.94. The minimum atomic E-state index is -3.50. The Morgan fingerprint density at radius 1 is 1.26 bits per heavy atom. The molecule has 3 rings (SSSR count). The van der Waals surface area contributed by atoms with Gasteiger partial charge >= 0.3 is 0 Å². The van der Waals surface area contributed by atoms with Crippen molar-refractivity contribution in [1.82, 2.24) is 14.9 Å². The zero-order valence-electron chi connectivity index (χ0n) is 19.8. The van der Waals surface area contributed by atoms with Crippen molar-refractivity contribution < 1.29 is 32.0 Å². The van der Waals surface area contributed by atoms with Crippen LogP contribution in [-0.2, 0) is 19.6 Å². The minimum Gasteiger partial charge on any atom is -0.497 e. The van der Waals surface area contributed by atoms with E-state index in [1.54, 1.807) is 31.4 Å². The highest BCUT2D eigenvalue weighted by Crippen LogP contribution is 2.24. The van der Waals surface area contributed by atoms with Crippen molar-refractivity contribution in [3.63, 3.8) is 0 Å². The summed E-state index contributed by atoms with van der Waals surface area (Å²) in [4.78, 5) is 38.5. The number of methoxy groups -OCH3 is 1. The first kappa shape index (κ1) is 25.7. The lowest BCUT2D eigenvalue weighted by molar-refractivity contribution is -0.129. The van der Waals surface area contributed by atoms with Gasteiger partial charge in [-0.2, -0.15) is 4.31 Å². The molecule has 0 spiro atoms. The molecule has 1 saturated heterocycles. The Morgan fingerprint density at radius 3 is 2.65 bits per heavy atom. The van der Waals surface area contributed by atoms with Crippen molar-refractivity contribution in [3.8, 4) is 5.75 Å². The van der Waals surface area contributed by atoms with Gasteiger partial charge in [0, 0.05) is 11.9 Å². The van der Waals surface area contributed by atoms with Crippen LogP contribution in [0.1, 0.15) is 43.7 Å². The van der Waals surface area contributed by atoms with Gasteiger partial charge in [-0.3, -0.25) is 14.4 Å². The van der Waals surface area contributed by atoms with Gasteiger partial charge in [0.05, 0.1) is 26.0 Å². The van der Waals surface area contributed by atoms with Crippen LogP contribution in [0.25, 0.3) is 11.0 Å². The smallest absolute Gasteiger partial charge is 0.287 e. The monoisotopic (exact) mass is 493 g/mol. The molecule has 1 fully saturated rings. The van der Waals surface area contributed by atoms with E-state index < -0.39 is 33.9 Å². The second-order valence-corrected chi connectivity index (χ2v) is 10.9. The summed E-state index contributed by atoms with van der Waals surface area (Å²) >= 11 is 0. The summed E-state index contributed by atoms with van der Waals surface area (Å²) in [5, 5.41) is 6.11. The zero-order valence-corrected chi connectivity index (χ0v) is 20.6. The van der Waals surface area contributed by atoms with Crippen molar-refractivity contribution in [2.24, 2.45) is 5.92 Å². The maximum atomic E-state index is 13.0. The summed E-state index contributed by atoms with van der Waals surface area (Å²) in [6.45, 7) is 3.77. The molecule has 11 heteroatoms. The number of sulfonamides is 1. The van der Waals surface area contributed by atoms with E-state index in [0.717, 1.165) is 10.6 Å². The van der Waals surface area contributed by atoms with E-state index in [0.29, 0.717) is 36.0 Å². The van der Waals surface area contributed by atoms with E-state index in [1.165, 1.54) is 0 Å². The van der Waals surface area contributed by atoms with Gasteiger partial charge in [0.15, 0.2) is 11.5 Å². The number of ether oxygens (including phenoxy) is 1. The summed E-state index contributed by atoms with van der Waals surface area (Å²) in [5.41, 5.74) is 0.510. The first-order valence-corrected chi connectivity index (χ1v) is 13.0. The number of hydrogen-bond donors (Lipinski definition) is 2. The van der Waals surface area contributed by atoms with E-state index in [4.69, 9.17) is 9.15 Å². The highest BCUT2D eigenvalue weighted by atomic mass is 32.2. The molecule has 10 nitrogen and oxygen atoms in total. The number of hydrogen-bond acceptors (Lipinski definition) is 7. The zero-order chi connectivity index (χ0) is 25.0. The second kappa shape index (κ2) is 10.6. The van der Waals surface area contributed by atoms with Crippen LogP contribution in [0.4, 0.5) is 0 Å². The van der Waals surface area contributed by atoms with E-state index in [9.17, 15) is 22.8 Å². The van der Waals surface area contributed by atoms with Gasteiger partial charge in [-0.15, -0.1) is 0 Å². The Morgan fingerprint density at radius 2 is 2.00 bits per heavy atom. The fraction of sp³-hybridized carbons (Fsp3) is 0.522. The summed E-state index contributed by atoms with van der Waals surface area (Å²) < 4.78 is 35.6. The van der Waals surface area contributed by atoms with Crippen molar-refractivity contribution in [2.45, 2.75) is 45.2 Å². The average molecular weight is 494 g/mol. The molecule has 2 N–H and O–H groups in total. The van der Waals surface area contributed by atoms with Crippen LogP contribution in [0.15, 0.2) is 28.7 Å². The van der Waals surface area contributed by atoms with Crippen LogP contribution >= 0.6 is 0 Å². The number of furan rings is 1. The molecule has 0 radical (unpaired) electrons. The Balaban J connectivity index is 1.72. The number of benzene rings is 1.